The van der Waals surface area contributed by atoms with Gasteiger partial charge in [-0.25, -0.2) is 9.97 Å². The van der Waals surface area contributed by atoms with Crippen LogP contribution in [0.1, 0.15) is 5.82 Å². The van der Waals surface area contributed by atoms with E-state index in [1.807, 2.05) is 31.3 Å². The Morgan fingerprint density at radius 3 is 2.75 bits per heavy atom. The van der Waals surface area contributed by atoms with Gasteiger partial charge >= 0.3 is 0 Å². The Labute approximate surface area is 125 Å². The highest BCUT2D eigenvalue weighted by Gasteiger charge is 2.09. The zero-order valence-electron chi connectivity index (χ0n) is 10.7. The van der Waals surface area contributed by atoms with Crippen molar-refractivity contribution in [3.8, 4) is 0 Å². The summed E-state index contributed by atoms with van der Waals surface area (Å²) in [5.41, 5.74) is 6.68. The molecule has 0 bridgehead atoms. The molecule has 0 aliphatic heterocycles. The standard InChI is InChI=1S/C13H12ClN5S/c1-19-13-10(6-16-19)12(15)17-11(18-13)7-20-9-4-2-8(14)3-5-9/h2-6H,7H2,1H3,(H2,15,17,18). The zero-order chi connectivity index (χ0) is 14.1. The number of nitrogens with zero attached hydrogens (tertiary/aromatic N) is 4. The van der Waals surface area contributed by atoms with Gasteiger partial charge in [0.1, 0.15) is 11.6 Å². The van der Waals surface area contributed by atoms with E-state index in [1.165, 1.54) is 0 Å². The number of hydrogen-bond donors (Lipinski definition) is 1. The Morgan fingerprint density at radius 2 is 2.00 bits per heavy atom. The first-order valence-corrected chi connectivity index (χ1v) is 7.32. The van der Waals surface area contributed by atoms with Gasteiger partial charge in [-0.3, -0.25) is 4.68 Å². The number of nitrogens with two attached hydrogens (primary N) is 1. The van der Waals surface area contributed by atoms with Gasteiger partial charge in [-0.15, -0.1) is 11.8 Å². The van der Waals surface area contributed by atoms with Crippen LogP contribution in [-0.2, 0) is 12.8 Å². The van der Waals surface area contributed by atoms with Crippen molar-refractivity contribution in [3.05, 3.63) is 41.3 Å². The second-order valence-corrected chi connectivity index (χ2v) is 5.76. The van der Waals surface area contributed by atoms with Crippen molar-refractivity contribution >= 4 is 40.2 Å². The van der Waals surface area contributed by atoms with Crippen LogP contribution in [0.2, 0.25) is 5.02 Å². The number of fused-ring (bicyclic) bond motifs is 1. The average Bonchev–Trinajstić information content (AvgIpc) is 2.81. The summed E-state index contributed by atoms with van der Waals surface area (Å²) in [6.45, 7) is 0. The van der Waals surface area contributed by atoms with E-state index in [-0.39, 0.29) is 0 Å². The fourth-order valence-corrected chi connectivity index (χ4v) is 2.71. The molecule has 0 spiro atoms. The van der Waals surface area contributed by atoms with Crippen LogP contribution in [0.4, 0.5) is 5.82 Å². The molecule has 2 aromatic heterocycles. The number of hydrogen-bond acceptors (Lipinski definition) is 5. The summed E-state index contributed by atoms with van der Waals surface area (Å²) >= 11 is 7.50. The number of benzene rings is 1. The molecule has 3 rings (SSSR count). The maximum Gasteiger partial charge on any atom is 0.163 e. The molecule has 0 aliphatic carbocycles. The van der Waals surface area contributed by atoms with Crippen LogP contribution in [0.5, 0.6) is 0 Å². The predicted octanol–water partition coefficient (Wildman–Crippen LogP) is 2.89. The molecule has 0 radical (unpaired) electrons. The van der Waals surface area contributed by atoms with Gasteiger partial charge in [-0.05, 0) is 24.3 Å². The molecule has 0 saturated heterocycles. The van der Waals surface area contributed by atoms with Gasteiger partial charge in [0.25, 0.3) is 0 Å². The van der Waals surface area contributed by atoms with Crippen LogP contribution in [-0.4, -0.2) is 19.7 Å². The smallest absolute Gasteiger partial charge is 0.163 e. The minimum absolute atomic E-state index is 0.467. The summed E-state index contributed by atoms with van der Waals surface area (Å²) in [6, 6.07) is 7.67. The van der Waals surface area contributed by atoms with Gasteiger partial charge < -0.3 is 5.73 Å². The lowest BCUT2D eigenvalue weighted by Crippen LogP contribution is -2.01. The monoisotopic (exact) mass is 305 g/mol. The first-order valence-electron chi connectivity index (χ1n) is 5.96. The molecule has 102 valence electrons. The van der Waals surface area contributed by atoms with Crippen LogP contribution < -0.4 is 5.73 Å². The maximum absolute atomic E-state index is 5.93. The van der Waals surface area contributed by atoms with Crippen molar-refractivity contribution in [1.29, 1.82) is 0 Å². The van der Waals surface area contributed by atoms with E-state index in [4.69, 9.17) is 17.3 Å². The second-order valence-electron chi connectivity index (χ2n) is 4.27. The summed E-state index contributed by atoms with van der Waals surface area (Å²) < 4.78 is 1.70. The minimum atomic E-state index is 0.467. The number of rotatable bonds is 3. The third-order valence-electron chi connectivity index (χ3n) is 2.85. The lowest BCUT2D eigenvalue weighted by Gasteiger charge is -2.04. The molecule has 20 heavy (non-hydrogen) atoms. The van der Waals surface area contributed by atoms with Gasteiger partial charge in [-0.1, -0.05) is 11.6 Å². The summed E-state index contributed by atoms with van der Waals surface area (Å²) in [7, 11) is 1.84. The molecule has 1 aromatic carbocycles. The molecule has 7 heteroatoms. The molecule has 2 heterocycles. The molecule has 0 aliphatic rings. The molecule has 5 nitrogen and oxygen atoms in total. The van der Waals surface area contributed by atoms with Crippen molar-refractivity contribution in [2.45, 2.75) is 10.6 Å². The van der Waals surface area contributed by atoms with Gasteiger partial charge in [0.2, 0.25) is 0 Å². The van der Waals surface area contributed by atoms with Crippen LogP contribution in [0.25, 0.3) is 11.0 Å². The van der Waals surface area contributed by atoms with Crippen LogP contribution in [0, 0.1) is 0 Å². The lowest BCUT2D eigenvalue weighted by atomic mass is 10.4. The number of aromatic nitrogens is 4. The predicted molar refractivity (Wildman–Crippen MR) is 81.7 cm³/mol. The minimum Gasteiger partial charge on any atom is -0.383 e. The molecule has 0 amide bonds. The Morgan fingerprint density at radius 1 is 1.25 bits per heavy atom. The van der Waals surface area contributed by atoms with Crippen LogP contribution in [0.15, 0.2) is 35.4 Å². The van der Waals surface area contributed by atoms with Crippen molar-refractivity contribution < 1.29 is 0 Å². The summed E-state index contributed by atoms with van der Waals surface area (Å²) in [4.78, 5) is 9.92. The number of anilines is 1. The zero-order valence-corrected chi connectivity index (χ0v) is 12.3. The van der Waals surface area contributed by atoms with E-state index in [0.717, 1.165) is 21.0 Å². The molecule has 0 atom stereocenters. The van der Waals surface area contributed by atoms with E-state index in [9.17, 15) is 0 Å². The number of thioether (sulfide) groups is 1. The molecule has 0 unspecified atom stereocenters. The summed E-state index contributed by atoms with van der Waals surface area (Å²) in [5.74, 6) is 1.81. The first kappa shape index (κ1) is 13.2. The molecule has 0 saturated carbocycles. The average molecular weight is 306 g/mol. The Balaban J connectivity index is 1.83. The number of halogens is 1. The fourth-order valence-electron chi connectivity index (χ4n) is 1.83. The Hall–Kier alpha value is -1.79. The molecule has 2 N–H and O–H groups in total. The summed E-state index contributed by atoms with van der Waals surface area (Å²) in [5, 5.41) is 5.65. The topological polar surface area (TPSA) is 69.6 Å². The van der Waals surface area contributed by atoms with E-state index in [0.29, 0.717) is 17.4 Å². The summed E-state index contributed by atoms with van der Waals surface area (Å²) in [6.07, 6.45) is 1.68. The molecular formula is C13H12ClN5S. The third kappa shape index (κ3) is 2.57. The molecular weight excluding hydrogens is 294 g/mol. The molecule has 0 fully saturated rings. The van der Waals surface area contributed by atoms with Gasteiger partial charge in [0.15, 0.2) is 5.65 Å². The highest BCUT2D eigenvalue weighted by molar-refractivity contribution is 7.98. The quantitative estimate of drug-likeness (QED) is 0.753. The highest BCUT2D eigenvalue weighted by Crippen LogP contribution is 2.24. The maximum atomic E-state index is 5.93. The number of aryl methyl sites for hydroxylation is 1. The largest absolute Gasteiger partial charge is 0.383 e. The van der Waals surface area contributed by atoms with Crippen molar-refractivity contribution in [2.24, 2.45) is 7.05 Å². The highest BCUT2D eigenvalue weighted by atomic mass is 35.5. The van der Waals surface area contributed by atoms with Crippen LogP contribution >= 0.6 is 23.4 Å². The van der Waals surface area contributed by atoms with Crippen molar-refractivity contribution in [2.75, 3.05) is 5.73 Å². The van der Waals surface area contributed by atoms with Gasteiger partial charge in [0, 0.05) is 17.0 Å². The van der Waals surface area contributed by atoms with E-state index in [2.05, 4.69) is 15.1 Å². The Bertz CT molecular complexity index is 753. The number of nitrogen functional groups attached to an aromatic ring is 1. The molecule has 3 aromatic rings. The third-order valence-corrected chi connectivity index (χ3v) is 4.11. The van der Waals surface area contributed by atoms with Gasteiger partial charge in [-0.2, -0.15) is 5.10 Å². The van der Waals surface area contributed by atoms with Crippen molar-refractivity contribution in [1.82, 2.24) is 19.7 Å². The fraction of sp³-hybridized carbons (Fsp3) is 0.154. The first-order chi connectivity index (χ1) is 9.63. The van der Waals surface area contributed by atoms with Gasteiger partial charge in [0.05, 0.1) is 17.3 Å². The van der Waals surface area contributed by atoms with E-state index >= 15 is 0 Å². The Kier molecular flexibility index (Phi) is 3.50. The van der Waals surface area contributed by atoms with E-state index in [1.54, 1.807) is 22.6 Å². The second kappa shape index (κ2) is 5.30. The van der Waals surface area contributed by atoms with Crippen molar-refractivity contribution in [3.63, 3.8) is 0 Å². The normalized spacial score (nSPS) is 11.1. The lowest BCUT2D eigenvalue weighted by molar-refractivity contribution is 0.782. The SMILES string of the molecule is Cn1ncc2c(N)nc(CSc3ccc(Cl)cc3)nc21. The van der Waals surface area contributed by atoms with Crippen LogP contribution in [0.3, 0.4) is 0 Å². The van der Waals surface area contributed by atoms with E-state index < -0.39 is 0 Å².